The number of fused-ring (bicyclic) bond motifs is 3. The van der Waals surface area contributed by atoms with Gasteiger partial charge in [0.1, 0.15) is 5.69 Å². The SMILES string of the molecule is CC(=O)c1csc2cnc(C(=O)N[C@@H]3C[C@H]4CC[C@@H]3N4)cc12. The molecule has 0 radical (unpaired) electrons. The molecule has 114 valence electrons. The van der Waals surface area contributed by atoms with Crippen molar-refractivity contribution in [3.05, 3.63) is 28.9 Å². The Hall–Kier alpha value is -1.79. The fraction of sp³-hybridized carbons (Fsp3) is 0.438. The van der Waals surface area contributed by atoms with Crippen molar-refractivity contribution in [1.29, 1.82) is 0 Å². The standard InChI is InChI=1S/C16H17N3O2S/c1-8(20)11-7-22-15-6-17-14(5-10(11)15)16(21)19-13-4-9-2-3-12(13)18-9/h5-7,9,12-13,18H,2-4H2,1H3,(H,19,21)/t9-,12+,13-/m1/s1. The molecule has 2 aliphatic rings. The third-order valence-electron chi connectivity index (χ3n) is 4.69. The van der Waals surface area contributed by atoms with Gasteiger partial charge in [-0.25, -0.2) is 4.98 Å². The second kappa shape index (κ2) is 5.14. The monoisotopic (exact) mass is 315 g/mol. The van der Waals surface area contributed by atoms with Crippen LogP contribution in [0.4, 0.5) is 0 Å². The highest BCUT2D eigenvalue weighted by molar-refractivity contribution is 7.17. The van der Waals surface area contributed by atoms with E-state index in [0.717, 1.165) is 22.9 Å². The molecule has 2 aliphatic heterocycles. The van der Waals surface area contributed by atoms with Crippen LogP contribution in [0.2, 0.25) is 0 Å². The Balaban J connectivity index is 1.59. The highest BCUT2D eigenvalue weighted by atomic mass is 32.1. The molecule has 3 atom stereocenters. The van der Waals surface area contributed by atoms with E-state index in [0.29, 0.717) is 23.3 Å². The lowest BCUT2D eigenvalue weighted by Gasteiger charge is -2.21. The van der Waals surface area contributed by atoms with Crippen LogP contribution in [0.1, 0.15) is 47.0 Å². The number of hydrogen-bond acceptors (Lipinski definition) is 5. The van der Waals surface area contributed by atoms with Crippen LogP contribution in [0.3, 0.4) is 0 Å². The van der Waals surface area contributed by atoms with Gasteiger partial charge < -0.3 is 10.6 Å². The normalized spacial score (nSPS) is 26.5. The Morgan fingerprint density at radius 3 is 2.95 bits per heavy atom. The van der Waals surface area contributed by atoms with Crippen LogP contribution in [0.25, 0.3) is 10.1 Å². The third-order valence-corrected chi connectivity index (χ3v) is 5.62. The summed E-state index contributed by atoms with van der Waals surface area (Å²) in [5.74, 6) is -0.136. The summed E-state index contributed by atoms with van der Waals surface area (Å²) >= 11 is 1.48. The molecule has 4 heterocycles. The van der Waals surface area contributed by atoms with Gasteiger partial charge in [-0.3, -0.25) is 9.59 Å². The van der Waals surface area contributed by atoms with E-state index in [1.807, 2.05) is 5.38 Å². The fourth-order valence-corrected chi connectivity index (χ4v) is 4.50. The van der Waals surface area contributed by atoms with Crippen molar-refractivity contribution in [2.45, 2.75) is 44.3 Å². The van der Waals surface area contributed by atoms with E-state index in [1.54, 1.807) is 19.2 Å². The van der Waals surface area contributed by atoms with E-state index in [-0.39, 0.29) is 17.7 Å². The molecular formula is C16H17N3O2S. The smallest absolute Gasteiger partial charge is 0.270 e. The Morgan fingerprint density at radius 2 is 2.27 bits per heavy atom. The molecule has 2 saturated heterocycles. The van der Waals surface area contributed by atoms with Gasteiger partial charge in [0, 0.05) is 40.7 Å². The Labute approximate surface area is 132 Å². The largest absolute Gasteiger partial charge is 0.346 e. The molecule has 0 saturated carbocycles. The zero-order valence-electron chi connectivity index (χ0n) is 12.3. The van der Waals surface area contributed by atoms with Crippen molar-refractivity contribution in [3.8, 4) is 0 Å². The summed E-state index contributed by atoms with van der Waals surface area (Å²) in [6.45, 7) is 1.54. The maximum atomic E-state index is 12.4. The second-order valence-corrected chi connectivity index (χ2v) is 7.05. The summed E-state index contributed by atoms with van der Waals surface area (Å²) in [5, 5.41) is 9.25. The molecule has 1 amide bonds. The zero-order chi connectivity index (χ0) is 15.3. The number of nitrogens with zero attached hydrogens (tertiary/aromatic N) is 1. The molecule has 6 heteroatoms. The quantitative estimate of drug-likeness (QED) is 0.851. The molecule has 2 aromatic heterocycles. The average Bonchev–Trinajstić information content (AvgIpc) is 3.20. The zero-order valence-corrected chi connectivity index (χ0v) is 13.1. The number of nitrogens with one attached hydrogen (secondary N) is 2. The van der Waals surface area contributed by atoms with Crippen molar-refractivity contribution in [3.63, 3.8) is 0 Å². The van der Waals surface area contributed by atoms with Crippen LogP contribution in [0.5, 0.6) is 0 Å². The van der Waals surface area contributed by atoms with Gasteiger partial charge in [0.2, 0.25) is 0 Å². The van der Waals surface area contributed by atoms with E-state index in [2.05, 4.69) is 15.6 Å². The van der Waals surface area contributed by atoms with Crippen molar-refractivity contribution in [1.82, 2.24) is 15.6 Å². The number of rotatable bonds is 3. The lowest BCUT2D eigenvalue weighted by atomic mass is 9.95. The lowest BCUT2D eigenvalue weighted by Crippen LogP contribution is -2.43. The number of pyridine rings is 1. The van der Waals surface area contributed by atoms with Crippen LogP contribution in [-0.4, -0.2) is 34.8 Å². The number of ketones is 1. The molecule has 2 fully saturated rings. The average molecular weight is 315 g/mol. The summed E-state index contributed by atoms with van der Waals surface area (Å²) in [6, 6.07) is 2.87. The van der Waals surface area contributed by atoms with E-state index >= 15 is 0 Å². The number of carbonyl (C=O) groups is 2. The van der Waals surface area contributed by atoms with Gasteiger partial charge >= 0.3 is 0 Å². The minimum atomic E-state index is -0.151. The van der Waals surface area contributed by atoms with Crippen LogP contribution in [-0.2, 0) is 0 Å². The number of aromatic nitrogens is 1. The van der Waals surface area contributed by atoms with Gasteiger partial charge in [-0.1, -0.05) is 0 Å². The van der Waals surface area contributed by atoms with Crippen molar-refractivity contribution >= 4 is 33.1 Å². The lowest BCUT2D eigenvalue weighted by molar-refractivity contribution is 0.0925. The molecule has 4 rings (SSSR count). The number of hydrogen-bond donors (Lipinski definition) is 2. The number of amides is 1. The maximum absolute atomic E-state index is 12.4. The van der Waals surface area contributed by atoms with E-state index in [1.165, 1.54) is 17.8 Å². The van der Waals surface area contributed by atoms with Gasteiger partial charge in [0.15, 0.2) is 5.78 Å². The molecule has 2 bridgehead atoms. The first-order chi connectivity index (χ1) is 10.6. The van der Waals surface area contributed by atoms with E-state index in [9.17, 15) is 9.59 Å². The highest BCUT2D eigenvalue weighted by Crippen LogP contribution is 2.29. The minimum absolute atomic E-state index is 0.0149. The Kier molecular flexibility index (Phi) is 3.23. The Bertz CT molecular complexity index is 770. The highest BCUT2D eigenvalue weighted by Gasteiger charge is 2.39. The van der Waals surface area contributed by atoms with E-state index in [4.69, 9.17) is 0 Å². The first-order valence-electron chi connectivity index (χ1n) is 7.57. The molecule has 2 aromatic rings. The van der Waals surface area contributed by atoms with E-state index < -0.39 is 0 Å². The molecule has 2 N–H and O–H groups in total. The molecule has 22 heavy (non-hydrogen) atoms. The third kappa shape index (κ3) is 2.23. The molecule has 0 spiro atoms. The van der Waals surface area contributed by atoms with Crippen molar-refractivity contribution in [2.24, 2.45) is 0 Å². The first kappa shape index (κ1) is 13.8. The Morgan fingerprint density at radius 1 is 1.41 bits per heavy atom. The predicted molar refractivity (Wildman–Crippen MR) is 85.4 cm³/mol. The molecule has 0 aliphatic carbocycles. The fourth-order valence-electron chi connectivity index (χ4n) is 3.56. The van der Waals surface area contributed by atoms with Crippen molar-refractivity contribution < 1.29 is 9.59 Å². The topological polar surface area (TPSA) is 71.1 Å². The minimum Gasteiger partial charge on any atom is -0.346 e. The first-order valence-corrected chi connectivity index (χ1v) is 8.45. The second-order valence-electron chi connectivity index (χ2n) is 6.13. The maximum Gasteiger partial charge on any atom is 0.270 e. The number of Topliss-reactive ketones (excluding diaryl/α,β-unsaturated/α-hetero) is 1. The predicted octanol–water partition coefficient (Wildman–Crippen LogP) is 2.12. The van der Waals surface area contributed by atoms with Gasteiger partial charge in [0.25, 0.3) is 5.91 Å². The summed E-state index contributed by atoms with van der Waals surface area (Å²) in [4.78, 5) is 28.3. The number of thiophene rings is 1. The van der Waals surface area contributed by atoms with Crippen LogP contribution < -0.4 is 10.6 Å². The molecule has 5 nitrogen and oxygen atoms in total. The summed E-state index contributed by atoms with van der Waals surface area (Å²) in [6.07, 6.45) is 5.01. The summed E-state index contributed by atoms with van der Waals surface area (Å²) in [5.41, 5.74) is 1.05. The molecule has 0 aromatic carbocycles. The van der Waals surface area contributed by atoms with Crippen molar-refractivity contribution in [2.75, 3.05) is 0 Å². The van der Waals surface area contributed by atoms with Gasteiger partial charge in [0.05, 0.1) is 4.70 Å². The molecular weight excluding hydrogens is 298 g/mol. The van der Waals surface area contributed by atoms with Crippen LogP contribution in [0.15, 0.2) is 17.6 Å². The summed E-state index contributed by atoms with van der Waals surface area (Å²) in [7, 11) is 0. The van der Waals surface area contributed by atoms with Gasteiger partial charge in [-0.05, 0) is 32.3 Å². The van der Waals surface area contributed by atoms with Crippen LogP contribution >= 0.6 is 11.3 Å². The number of carbonyl (C=O) groups excluding carboxylic acids is 2. The van der Waals surface area contributed by atoms with Gasteiger partial charge in [-0.15, -0.1) is 11.3 Å². The van der Waals surface area contributed by atoms with Gasteiger partial charge in [-0.2, -0.15) is 0 Å². The van der Waals surface area contributed by atoms with Crippen LogP contribution in [0, 0.1) is 0 Å². The summed E-state index contributed by atoms with van der Waals surface area (Å²) < 4.78 is 0.934. The molecule has 0 unspecified atom stereocenters.